The molecule has 0 fully saturated rings. The van der Waals surface area contributed by atoms with Crippen LogP contribution in [0.4, 0.5) is 0 Å². The molecule has 0 bridgehead atoms. The second-order valence-corrected chi connectivity index (χ2v) is 4.86. The highest BCUT2D eigenvalue weighted by Crippen LogP contribution is 2.26. The third-order valence-electron chi connectivity index (χ3n) is 3.57. The van der Waals surface area contributed by atoms with E-state index in [0.717, 1.165) is 5.57 Å². The van der Waals surface area contributed by atoms with E-state index < -0.39 is 0 Å². The van der Waals surface area contributed by atoms with Crippen molar-refractivity contribution < 1.29 is 0 Å². The number of aryl methyl sites for hydroxylation is 1. The first-order valence-electron chi connectivity index (χ1n) is 6.50. The SMILES string of the molecule is C=C(c1ccc2ccccc2c1)c1ccccc1C. The minimum Gasteiger partial charge on any atom is -0.0905 e. The van der Waals surface area contributed by atoms with Gasteiger partial charge in [-0.2, -0.15) is 0 Å². The Labute approximate surface area is 114 Å². The van der Waals surface area contributed by atoms with E-state index in [1.165, 1.54) is 27.5 Å². The van der Waals surface area contributed by atoms with Gasteiger partial charge in [-0.25, -0.2) is 0 Å². The molecule has 0 N–H and O–H groups in total. The van der Waals surface area contributed by atoms with Crippen LogP contribution >= 0.6 is 0 Å². The van der Waals surface area contributed by atoms with Crippen molar-refractivity contribution in [2.45, 2.75) is 6.92 Å². The summed E-state index contributed by atoms with van der Waals surface area (Å²) in [6.45, 7) is 6.39. The molecule has 0 aliphatic carbocycles. The number of hydrogen-bond donors (Lipinski definition) is 0. The minimum absolute atomic E-state index is 1.09. The first kappa shape index (κ1) is 11.7. The predicted octanol–water partition coefficient (Wildman–Crippen LogP) is 5.21. The van der Waals surface area contributed by atoms with E-state index in [-0.39, 0.29) is 0 Å². The molecule has 0 amide bonds. The predicted molar refractivity (Wildman–Crippen MR) is 83.3 cm³/mol. The molecule has 0 saturated carbocycles. The Morgan fingerprint density at radius 1 is 0.789 bits per heavy atom. The summed E-state index contributed by atoms with van der Waals surface area (Å²) in [7, 11) is 0. The van der Waals surface area contributed by atoms with Gasteiger partial charge < -0.3 is 0 Å². The molecule has 0 aromatic heterocycles. The van der Waals surface area contributed by atoms with Crippen molar-refractivity contribution in [3.63, 3.8) is 0 Å². The molecular weight excluding hydrogens is 228 g/mol. The molecule has 0 saturated heterocycles. The summed E-state index contributed by atoms with van der Waals surface area (Å²) in [5, 5.41) is 2.53. The first-order chi connectivity index (χ1) is 9.25. The monoisotopic (exact) mass is 244 g/mol. The molecule has 0 atom stereocenters. The summed E-state index contributed by atoms with van der Waals surface area (Å²) in [6, 6.07) is 23.3. The molecule has 3 rings (SSSR count). The summed E-state index contributed by atoms with van der Waals surface area (Å²) in [6.07, 6.45) is 0. The molecule has 19 heavy (non-hydrogen) atoms. The molecular formula is C19H16. The molecule has 0 aliphatic heterocycles. The van der Waals surface area contributed by atoms with Crippen molar-refractivity contribution in [3.05, 3.63) is 90.0 Å². The van der Waals surface area contributed by atoms with Crippen LogP contribution < -0.4 is 0 Å². The van der Waals surface area contributed by atoms with Gasteiger partial charge in [0.15, 0.2) is 0 Å². The maximum atomic E-state index is 4.26. The van der Waals surface area contributed by atoms with E-state index in [2.05, 4.69) is 80.2 Å². The molecule has 0 radical (unpaired) electrons. The molecule has 92 valence electrons. The maximum absolute atomic E-state index is 4.26. The Balaban J connectivity index is 2.09. The summed E-state index contributed by atoms with van der Waals surface area (Å²) < 4.78 is 0. The normalized spacial score (nSPS) is 10.6. The third-order valence-corrected chi connectivity index (χ3v) is 3.57. The topological polar surface area (TPSA) is 0 Å². The largest absolute Gasteiger partial charge is 0.0905 e. The van der Waals surface area contributed by atoms with Gasteiger partial charge in [-0.05, 0) is 46.0 Å². The number of benzene rings is 3. The van der Waals surface area contributed by atoms with Crippen LogP contribution in [0.2, 0.25) is 0 Å². The fourth-order valence-corrected chi connectivity index (χ4v) is 2.44. The maximum Gasteiger partial charge on any atom is -0.0155 e. The molecule has 3 aromatic carbocycles. The fraction of sp³-hybridized carbons (Fsp3) is 0.0526. The van der Waals surface area contributed by atoms with Crippen LogP contribution in [0.25, 0.3) is 16.3 Å². The van der Waals surface area contributed by atoms with Gasteiger partial charge in [0.1, 0.15) is 0 Å². The second-order valence-electron chi connectivity index (χ2n) is 4.86. The van der Waals surface area contributed by atoms with Gasteiger partial charge in [-0.3, -0.25) is 0 Å². The smallest absolute Gasteiger partial charge is 0.0155 e. The lowest BCUT2D eigenvalue weighted by atomic mass is 9.94. The number of fused-ring (bicyclic) bond motifs is 1. The molecule has 0 aliphatic rings. The highest BCUT2D eigenvalue weighted by atomic mass is 14.1. The zero-order chi connectivity index (χ0) is 13.2. The number of rotatable bonds is 2. The van der Waals surface area contributed by atoms with Crippen LogP contribution in [-0.2, 0) is 0 Å². The van der Waals surface area contributed by atoms with Crippen molar-refractivity contribution in [1.29, 1.82) is 0 Å². The highest BCUT2D eigenvalue weighted by molar-refractivity contribution is 5.89. The molecule has 0 unspecified atom stereocenters. The Kier molecular flexibility index (Phi) is 2.92. The lowest BCUT2D eigenvalue weighted by Crippen LogP contribution is -1.89. The average molecular weight is 244 g/mol. The summed E-state index contributed by atoms with van der Waals surface area (Å²) >= 11 is 0. The van der Waals surface area contributed by atoms with E-state index in [0.29, 0.717) is 0 Å². The van der Waals surface area contributed by atoms with Gasteiger partial charge in [0.2, 0.25) is 0 Å². The molecule has 0 spiro atoms. The van der Waals surface area contributed by atoms with Gasteiger partial charge >= 0.3 is 0 Å². The van der Waals surface area contributed by atoms with Crippen molar-refractivity contribution in [2.24, 2.45) is 0 Å². The molecule has 0 heterocycles. The number of hydrogen-bond acceptors (Lipinski definition) is 0. The summed E-state index contributed by atoms with van der Waals surface area (Å²) in [4.78, 5) is 0. The van der Waals surface area contributed by atoms with E-state index in [1.807, 2.05) is 0 Å². The summed E-state index contributed by atoms with van der Waals surface area (Å²) in [5.74, 6) is 0. The van der Waals surface area contributed by atoms with E-state index >= 15 is 0 Å². The van der Waals surface area contributed by atoms with E-state index in [1.54, 1.807) is 0 Å². The van der Waals surface area contributed by atoms with Crippen LogP contribution in [0, 0.1) is 6.92 Å². The third kappa shape index (κ3) is 2.17. The van der Waals surface area contributed by atoms with E-state index in [4.69, 9.17) is 0 Å². The molecule has 3 aromatic rings. The van der Waals surface area contributed by atoms with Crippen molar-refractivity contribution in [1.82, 2.24) is 0 Å². The van der Waals surface area contributed by atoms with Gasteiger partial charge in [0.05, 0.1) is 0 Å². The van der Waals surface area contributed by atoms with Gasteiger partial charge in [0.25, 0.3) is 0 Å². The van der Waals surface area contributed by atoms with Crippen LogP contribution in [0.5, 0.6) is 0 Å². The Hall–Kier alpha value is -2.34. The van der Waals surface area contributed by atoms with Crippen LogP contribution in [0.3, 0.4) is 0 Å². The Morgan fingerprint density at radius 2 is 1.47 bits per heavy atom. The Bertz CT molecular complexity index is 751. The van der Waals surface area contributed by atoms with Gasteiger partial charge in [0, 0.05) is 0 Å². The summed E-state index contributed by atoms with van der Waals surface area (Å²) in [5.41, 5.74) is 4.76. The van der Waals surface area contributed by atoms with Crippen LogP contribution in [0.15, 0.2) is 73.3 Å². The van der Waals surface area contributed by atoms with Crippen molar-refractivity contribution in [2.75, 3.05) is 0 Å². The van der Waals surface area contributed by atoms with E-state index in [9.17, 15) is 0 Å². The fourth-order valence-electron chi connectivity index (χ4n) is 2.44. The second kappa shape index (κ2) is 4.74. The average Bonchev–Trinajstić information content (AvgIpc) is 2.46. The lowest BCUT2D eigenvalue weighted by Gasteiger charge is -2.10. The quantitative estimate of drug-likeness (QED) is 0.580. The van der Waals surface area contributed by atoms with Crippen molar-refractivity contribution in [3.8, 4) is 0 Å². The highest BCUT2D eigenvalue weighted by Gasteiger charge is 2.05. The van der Waals surface area contributed by atoms with Gasteiger partial charge in [-0.1, -0.05) is 67.2 Å². The standard InChI is InChI=1S/C19H16/c1-14-7-3-6-10-19(14)15(2)17-12-11-16-8-4-5-9-18(16)13-17/h3-13H,2H2,1H3. The first-order valence-corrected chi connectivity index (χ1v) is 6.50. The molecule has 0 nitrogen and oxygen atoms in total. The Morgan fingerprint density at radius 3 is 2.26 bits per heavy atom. The van der Waals surface area contributed by atoms with Crippen LogP contribution in [-0.4, -0.2) is 0 Å². The van der Waals surface area contributed by atoms with Crippen molar-refractivity contribution >= 4 is 16.3 Å². The zero-order valence-electron chi connectivity index (χ0n) is 11.1. The van der Waals surface area contributed by atoms with Gasteiger partial charge in [-0.15, -0.1) is 0 Å². The zero-order valence-corrected chi connectivity index (χ0v) is 11.1. The van der Waals surface area contributed by atoms with Crippen LogP contribution in [0.1, 0.15) is 16.7 Å². The molecule has 0 heteroatoms. The minimum atomic E-state index is 1.09. The lowest BCUT2D eigenvalue weighted by molar-refractivity contribution is 1.42.